The number of Topliss-reactive ketones (excluding diaryl/α,β-unsaturated/α-hetero) is 1. The largest absolute Gasteiger partial charge is 0.333 e. The number of hydrogen-bond donors (Lipinski definition) is 1. The summed E-state index contributed by atoms with van der Waals surface area (Å²) in [5, 5.41) is 5.20. The van der Waals surface area contributed by atoms with Crippen molar-refractivity contribution in [2.24, 2.45) is 5.14 Å². The zero-order chi connectivity index (χ0) is 20.6. The van der Waals surface area contributed by atoms with Gasteiger partial charge in [-0.25, -0.2) is 18.5 Å². The molecular formula is C21H17N3O4S. The van der Waals surface area contributed by atoms with Gasteiger partial charge in [0.05, 0.1) is 16.8 Å². The Bertz CT molecular complexity index is 1260. The lowest BCUT2D eigenvalue weighted by Gasteiger charge is -2.17. The molecule has 2 aromatic carbocycles. The number of rotatable bonds is 5. The van der Waals surface area contributed by atoms with Crippen LogP contribution >= 0.6 is 0 Å². The van der Waals surface area contributed by atoms with Gasteiger partial charge in [0, 0.05) is 36.5 Å². The minimum absolute atomic E-state index is 0.0635. The number of carbonyl (C=O) groups excluding carboxylic acids is 2. The highest BCUT2D eigenvalue weighted by Gasteiger charge is 2.30. The Morgan fingerprint density at radius 2 is 1.79 bits per heavy atom. The molecule has 1 aliphatic carbocycles. The smallest absolute Gasteiger partial charge is 0.238 e. The van der Waals surface area contributed by atoms with E-state index in [0.29, 0.717) is 12.1 Å². The lowest BCUT2D eigenvalue weighted by Crippen LogP contribution is -2.23. The zero-order valence-corrected chi connectivity index (χ0v) is 16.1. The molecule has 0 aliphatic heterocycles. The summed E-state index contributed by atoms with van der Waals surface area (Å²) in [4.78, 5) is 29.2. The zero-order valence-electron chi connectivity index (χ0n) is 15.3. The van der Waals surface area contributed by atoms with Crippen LogP contribution < -0.4 is 5.14 Å². The maximum atomic E-state index is 12.9. The number of benzene rings is 2. The van der Waals surface area contributed by atoms with Crippen molar-refractivity contribution in [3.8, 4) is 0 Å². The van der Waals surface area contributed by atoms with Crippen LogP contribution in [-0.4, -0.2) is 29.5 Å². The van der Waals surface area contributed by atoms with Crippen LogP contribution in [0.1, 0.15) is 31.8 Å². The quantitative estimate of drug-likeness (QED) is 0.696. The molecule has 0 bridgehead atoms. The number of imidazole rings is 1. The monoisotopic (exact) mass is 407 g/mol. The maximum absolute atomic E-state index is 12.9. The summed E-state index contributed by atoms with van der Waals surface area (Å²) in [5.74, 6) is -0.904. The van der Waals surface area contributed by atoms with Gasteiger partial charge in [0.15, 0.2) is 11.6 Å². The second-order valence-electron chi connectivity index (χ2n) is 6.82. The molecule has 1 aromatic heterocycles. The molecule has 29 heavy (non-hydrogen) atoms. The number of primary sulfonamides is 1. The third kappa shape index (κ3) is 3.80. The average molecular weight is 407 g/mol. The van der Waals surface area contributed by atoms with E-state index in [-0.39, 0.29) is 28.2 Å². The molecule has 0 saturated carbocycles. The van der Waals surface area contributed by atoms with Crippen LogP contribution in [0.2, 0.25) is 0 Å². The molecule has 0 fully saturated rings. The predicted molar refractivity (Wildman–Crippen MR) is 106 cm³/mol. The highest BCUT2D eigenvalue weighted by molar-refractivity contribution is 7.89. The number of aromatic nitrogens is 2. The van der Waals surface area contributed by atoms with Crippen LogP contribution in [0.4, 0.5) is 0 Å². The Hall–Kier alpha value is -3.36. The molecule has 0 spiro atoms. The lowest BCUT2D eigenvalue weighted by atomic mass is 9.86. The van der Waals surface area contributed by atoms with Crippen molar-refractivity contribution in [1.82, 2.24) is 9.55 Å². The van der Waals surface area contributed by atoms with Crippen molar-refractivity contribution in [2.75, 3.05) is 0 Å². The van der Waals surface area contributed by atoms with E-state index in [2.05, 4.69) is 4.98 Å². The normalized spacial score (nSPS) is 13.9. The number of carbonyl (C=O) groups is 2. The number of ketones is 2. The van der Waals surface area contributed by atoms with Crippen LogP contribution in [0.3, 0.4) is 0 Å². The summed E-state index contributed by atoms with van der Waals surface area (Å²) in [7, 11) is -4.12. The number of nitrogens with two attached hydrogens (primary N) is 1. The standard InChI is InChI=1S/C21H17N3O4S/c22-29(27,28)19-6-2-5-17-20(19)18(25)11-16(21(17)26)10-14-3-1-4-15(9-14)12-24-8-7-23-13-24/h1-9,11,13H,10,12H2,(H2,22,27,28). The first-order valence-electron chi connectivity index (χ1n) is 8.82. The van der Waals surface area contributed by atoms with E-state index >= 15 is 0 Å². The fourth-order valence-electron chi connectivity index (χ4n) is 3.46. The Balaban J connectivity index is 1.64. The van der Waals surface area contributed by atoms with Crippen LogP contribution in [0.5, 0.6) is 0 Å². The lowest BCUT2D eigenvalue weighted by molar-refractivity contribution is 0.0980. The molecule has 2 N–H and O–H groups in total. The third-order valence-corrected chi connectivity index (χ3v) is 5.68. The molecule has 0 radical (unpaired) electrons. The molecular weight excluding hydrogens is 390 g/mol. The number of sulfonamides is 1. The Kier molecular flexibility index (Phi) is 4.73. The molecule has 0 atom stereocenters. The summed E-state index contributed by atoms with van der Waals surface area (Å²) < 4.78 is 25.5. The van der Waals surface area contributed by atoms with Gasteiger partial charge in [0.2, 0.25) is 10.0 Å². The summed E-state index contributed by atoms with van der Waals surface area (Å²) in [5.41, 5.74) is 2.13. The van der Waals surface area contributed by atoms with Gasteiger partial charge in [0.1, 0.15) is 0 Å². The van der Waals surface area contributed by atoms with Crippen molar-refractivity contribution in [1.29, 1.82) is 0 Å². The van der Waals surface area contributed by atoms with Crippen molar-refractivity contribution < 1.29 is 18.0 Å². The van der Waals surface area contributed by atoms with Crippen molar-refractivity contribution in [2.45, 2.75) is 17.9 Å². The summed E-state index contributed by atoms with van der Waals surface area (Å²) in [6.07, 6.45) is 6.76. The van der Waals surface area contributed by atoms with Crippen LogP contribution in [0.25, 0.3) is 0 Å². The fraction of sp³-hybridized carbons (Fsp3) is 0.0952. The van der Waals surface area contributed by atoms with Gasteiger partial charge in [-0.15, -0.1) is 0 Å². The molecule has 0 saturated heterocycles. The highest BCUT2D eigenvalue weighted by atomic mass is 32.2. The number of nitrogens with zero attached hydrogens (tertiary/aromatic N) is 2. The molecule has 7 nitrogen and oxygen atoms in total. The van der Waals surface area contributed by atoms with E-state index in [9.17, 15) is 18.0 Å². The summed E-state index contributed by atoms with van der Waals surface area (Å²) in [6.45, 7) is 0.639. The number of allylic oxidation sites excluding steroid dienone is 2. The minimum Gasteiger partial charge on any atom is -0.333 e. The molecule has 1 aliphatic rings. The molecule has 3 aromatic rings. The van der Waals surface area contributed by atoms with Gasteiger partial charge in [-0.05, 0) is 23.3 Å². The van der Waals surface area contributed by atoms with E-state index in [0.717, 1.165) is 11.1 Å². The van der Waals surface area contributed by atoms with E-state index in [1.54, 1.807) is 12.5 Å². The molecule has 0 amide bonds. The van der Waals surface area contributed by atoms with Gasteiger partial charge in [-0.2, -0.15) is 0 Å². The second kappa shape index (κ2) is 7.23. The van der Waals surface area contributed by atoms with Gasteiger partial charge < -0.3 is 4.57 Å². The first kappa shape index (κ1) is 19.0. The van der Waals surface area contributed by atoms with E-state index in [4.69, 9.17) is 5.14 Å². The van der Waals surface area contributed by atoms with E-state index < -0.39 is 15.8 Å². The Morgan fingerprint density at radius 1 is 1.03 bits per heavy atom. The van der Waals surface area contributed by atoms with Crippen LogP contribution in [0.15, 0.2) is 77.7 Å². The van der Waals surface area contributed by atoms with Gasteiger partial charge >= 0.3 is 0 Å². The van der Waals surface area contributed by atoms with Crippen molar-refractivity contribution in [3.63, 3.8) is 0 Å². The number of fused-ring (bicyclic) bond motifs is 1. The van der Waals surface area contributed by atoms with E-state index in [1.165, 1.54) is 24.3 Å². The Labute approximate surface area is 167 Å². The van der Waals surface area contributed by atoms with Crippen LogP contribution in [-0.2, 0) is 23.0 Å². The topological polar surface area (TPSA) is 112 Å². The second-order valence-corrected chi connectivity index (χ2v) is 8.35. The maximum Gasteiger partial charge on any atom is 0.238 e. The number of hydrogen-bond acceptors (Lipinski definition) is 5. The fourth-order valence-corrected chi connectivity index (χ4v) is 4.22. The minimum atomic E-state index is -4.12. The van der Waals surface area contributed by atoms with Gasteiger partial charge in [-0.3, -0.25) is 9.59 Å². The Morgan fingerprint density at radius 3 is 2.52 bits per heavy atom. The summed E-state index contributed by atoms with van der Waals surface area (Å²) >= 11 is 0. The average Bonchev–Trinajstić information content (AvgIpc) is 3.18. The molecule has 146 valence electrons. The third-order valence-electron chi connectivity index (χ3n) is 4.73. The van der Waals surface area contributed by atoms with Crippen molar-refractivity contribution in [3.05, 3.63) is 95.1 Å². The molecule has 8 heteroatoms. The molecule has 0 unspecified atom stereocenters. The first-order valence-corrected chi connectivity index (χ1v) is 10.4. The summed E-state index contributed by atoms with van der Waals surface area (Å²) in [6, 6.07) is 11.8. The molecule has 1 heterocycles. The van der Waals surface area contributed by atoms with Crippen molar-refractivity contribution >= 4 is 21.6 Å². The first-order chi connectivity index (χ1) is 13.8. The molecule has 4 rings (SSSR count). The highest BCUT2D eigenvalue weighted by Crippen LogP contribution is 2.28. The van der Waals surface area contributed by atoms with Crippen LogP contribution in [0, 0.1) is 0 Å². The van der Waals surface area contributed by atoms with E-state index in [1.807, 2.05) is 35.0 Å². The van der Waals surface area contributed by atoms with Gasteiger partial charge in [0.25, 0.3) is 0 Å². The van der Waals surface area contributed by atoms with Gasteiger partial charge in [-0.1, -0.05) is 36.4 Å². The SMILES string of the molecule is NS(=O)(=O)c1cccc2c1C(=O)C=C(Cc1cccc(Cn3ccnc3)c1)C2=O. The predicted octanol–water partition coefficient (Wildman–Crippen LogP) is 2.13.